The molecule has 16 heavy (non-hydrogen) atoms. The molecule has 0 bridgehead atoms. The number of rotatable bonds is 4. The lowest BCUT2D eigenvalue weighted by Crippen LogP contribution is -2.52. The molecule has 7 heteroatoms. The van der Waals surface area contributed by atoms with Crippen LogP contribution in [0, 0.1) is 5.41 Å². The molecule has 2 unspecified atom stereocenters. The topological polar surface area (TPSA) is 103 Å². The predicted molar refractivity (Wildman–Crippen MR) is 65.2 cm³/mol. The van der Waals surface area contributed by atoms with Gasteiger partial charge in [-0.3, -0.25) is 4.79 Å². The van der Waals surface area contributed by atoms with Crippen LogP contribution in [0.4, 0.5) is 0 Å². The summed E-state index contributed by atoms with van der Waals surface area (Å²) in [6.07, 6.45) is 7.85. The van der Waals surface area contributed by atoms with Crippen LogP contribution in [0.15, 0.2) is 24.3 Å². The second kappa shape index (κ2) is 4.60. The lowest BCUT2D eigenvalue weighted by molar-refractivity contribution is -0.124. The normalized spacial score (nSPS) is 29.2. The SMILES string of the molecule is CSCC1(C(N)=O)C=CC=CC1S(N)(=O)=O. The standard InChI is InChI=1S/C9H14N2O3S2/c1-15-6-9(8(10)12)5-3-2-4-7(9)16(11,13)14/h2-5,7H,6H2,1H3,(H2,10,12)(H2,11,13,14). The van der Waals surface area contributed by atoms with Gasteiger partial charge in [0, 0.05) is 5.75 Å². The average Bonchev–Trinajstić information content (AvgIpc) is 2.17. The maximum absolute atomic E-state index is 11.5. The summed E-state index contributed by atoms with van der Waals surface area (Å²) in [6.45, 7) is 0. The summed E-state index contributed by atoms with van der Waals surface area (Å²) < 4.78 is 22.9. The largest absolute Gasteiger partial charge is 0.369 e. The Morgan fingerprint density at radius 2 is 2.12 bits per heavy atom. The molecule has 0 aliphatic heterocycles. The number of hydrogen-bond acceptors (Lipinski definition) is 4. The highest BCUT2D eigenvalue weighted by Crippen LogP contribution is 2.34. The zero-order valence-electron chi connectivity index (χ0n) is 8.79. The molecule has 5 nitrogen and oxygen atoms in total. The quantitative estimate of drug-likeness (QED) is 0.719. The number of primary amides is 1. The Morgan fingerprint density at radius 1 is 1.50 bits per heavy atom. The second-order valence-corrected chi connectivity index (χ2v) is 6.14. The van der Waals surface area contributed by atoms with Crippen molar-refractivity contribution in [3.05, 3.63) is 24.3 Å². The van der Waals surface area contributed by atoms with Gasteiger partial charge in [0.2, 0.25) is 15.9 Å². The molecule has 1 rings (SSSR count). The number of carbonyl (C=O) groups is 1. The second-order valence-electron chi connectivity index (χ2n) is 3.59. The molecule has 0 aromatic rings. The summed E-state index contributed by atoms with van der Waals surface area (Å²) in [7, 11) is -3.85. The van der Waals surface area contributed by atoms with E-state index in [0.29, 0.717) is 0 Å². The highest BCUT2D eigenvalue weighted by atomic mass is 32.2. The van der Waals surface area contributed by atoms with Crippen molar-refractivity contribution in [1.82, 2.24) is 0 Å². The number of carbonyl (C=O) groups excluding carboxylic acids is 1. The van der Waals surface area contributed by atoms with Crippen LogP contribution >= 0.6 is 11.8 Å². The van der Waals surface area contributed by atoms with Gasteiger partial charge in [0.15, 0.2) is 0 Å². The van der Waals surface area contributed by atoms with E-state index in [1.165, 1.54) is 23.9 Å². The zero-order valence-corrected chi connectivity index (χ0v) is 10.4. The Morgan fingerprint density at radius 3 is 2.56 bits per heavy atom. The van der Waals surface area contributed by atoms with Gasteiger partial charge in [-0.15, -0.1) is 0 Å². The van der Waals surface area contributed by atoms with Crippen molar-refractivity contribution in [2.24, 2.45) is 16.3 Å². The smallest absolute Gasteiger partial charge is 0.230 e. The van der Waals surface area contributed by atoms with Crippen LogP contribution in [0.1, 0.15) is 0 Å². The van der Waals surface area contributed by atoms with Gasteiger partial charge in [0.25, 0.3) is 0 Å². The molecule has 4 N–H and O–H groups in total. The summed E-state index contributed by atoms with van der Waals surface area (Å²) >= 11 is 1.35. The number of allylic oxidation sites excluding steroid dienone is 2. The summed E-state index contributed by atoms with van der Waals surface area (Å²) in [4.78, 5) is 11.5. The van der Waals surface area contributed by atoms with E-state index in [1.807, 2.05) is 0 Å². The molecule has 2 atom stereocenters. The van der Waals surface area contributed by atoms with E-state index in [-0.39, 0.29) is 5.75 Å². The first-order valence-corrected chi connectivity index (χ1v) is 7.51. The lowest BCUT2D eigenvalue weighted by Gasteiger charge is -2.33. The molecular weight excluding hydrogens is 248 g/mol. The van der Waals surface area contributed by atoms with E-state index >= 15 is 0 Å². The fraction of sp³-hybridized carbons (Fsp3) is 0.444. The number of nitrogens with two attached hydrogens (primary N) is 2. The van der Waals surface area contributed by atoms with Gasteiger partial charge in [0.1, 0.15) is 5.25 Å². The maximum Gasteiger partial charge on any atom is 0.230 e. The van der Waals surface area contributed by atoms with Crippen molar-refractivity contribution >= 4 is 27.7 Å². The fourth-order valence-corrected chi connectivity index (χ4v) is 3.90. The number of thioether (sulfide) groups is 1. The first kappa shape index (κ1) is 13.3. The zero-order chi connectivity index (χ0) is 12.4. The van der Waals surface area contributed by atoms with Crippen LogP contribution in [0.3, 0.4) is 0 Å². The van der Waals surface area contributed by atoms with Crippen LogP contribution in [-0.4, -0.2) is 31.6 Å². The summed E-state index contributed by atoms with van der Waals surface area (Å²) in [6, 6.07) is 0. The third-order valence-corrected chi connectivity index (χ3v) is 4.55. The molecule has 1 aliphatic carbocycles. The third kappa shape index (κ3) is 2.31. The van der Waals surface area contributed by atoms with Crippen LogP contribution in [0.5, 0.6) is 0 Å². The Kier molecular flexibility index (Phi) is 3.82. The number of primary sulfonamides is 1. The van der Waals surface area contributed by atoms with E-state index in [1.54, 1.807) is 18.4 Å². The molecule has 0 saturated carbocycles. The minimum Gasteiger partial charge on any atom is -0.369 e. The summed E-state index contributed by atoms with van der Waals surface area (Å²) in [5.41, 5.74) is 4.07. The van der Waals surface area contributed by atoms with Gasteiger partial charge in [-0.2, -0.15) is 11.8 Å². The molecule has 0 aromatic carbocycles. The molecule has 0 radical (unpaired) electrons. The minimum absolute atomic E-state index is 0.282. The van der Waals surface area contributed by atoms with E-state index in [4.69, 9.17) is 10.9 Å². The molecule has 0 fully saturated rings. The number of amides is 1. The maximum atomic E-state index is 11.5. The van der Waals surface area contributed by atoms with Crippen molar-refractivity contribution < 1.29 is 13.2 Å². The van der Waals surface area contributed by atoms with Gasteiger partial charge in [-0.1, -0.05) is 24.3 Å². The predicted octanol–water partition coefficient (Wildman–Crippen LogP) is -0.396. The van der Waals surface area contributed by atoms with Crippen molar-refractivity contribution in [2.75, 3.05) is 12.0 Å². The number of sulfonamides is 1. The van der Waals surface area contributed by atoms with Crippen LogP contribution < -0.4 is 10.9 Å². The molecule has 1 amide bonds. The van der Waals surface area contributed by atoms with Gasteiger partial charge in [-0.25, -0.2) is 13.6 Å². The van der Waals surface area contributed by atoms with E-state index in [0.717, 1.165) is 0 Å². The first-order chi connectivity index (χ1) is 7.34. The van der Waals surface area contributed by atoms with Crippen molar-refractivity contribution in [1.29, 1.82) is 0 Å². The van der Waals surface area contributed by atoms with Crippen LogP contribution in [-0.2, 0) is 14.8 Å². The Balaban J connectivity index is 3.29. The van der Waals surface area contributed by atoms with Crippen molar-refractivity contribution in [2.45, 2.75) is 5.25 Å². The summed E-state index contributed by atoms with van der Waals surface area (Å²) in [5, 5.41) is 4.04. The number of hydrogen-bond donors (Lipinski definition) is 2. The van der Waals surface area contributed by atoms with E-state index in [2.05, 4.69) is 0 Å². The first-order valence-electron chi connectivity index (χ1n) is 4.51. The van der Waals surface area contributed by atoms with E-state index < -0.39 is 26.6 Å². The molecule has 0 aromatic heterocycles. The van der Waals surface area contributed by atoms with Gasteiger partial charge < -0.3 is 5.73 Å². The van der Waals surface area contributed by atoms with Crippen molar-refractivity contribution in [3.63, 3.8) is 0 Å². The van der Waals surface area contributed by atoms with Crippen LogP contribution in [0.2, 0.25) is 0 Å². The molecule has 1 aliphatic rings. The molecule has 0 saturated heterocycles. The van der Waals surface area contributed by atoms with Crippen LogP contribution in [0.25, 0.3) is 0 Å². The lowest BCUT2D eigenvalue weighted by atomic mass is 9.82. The molecule has 0 spiro atoms. The monoisotopic (exact) mass is 262 g/mol. The van der Waals surface area contributed by atoms with Gasteiger partial charge in [0.05, 0.1) is 5.41 Å². The Bertz CT molecular complexity index is 442. The molecular formula is C9H14N2O3S2. The Hall–Kier alpha value is -0.790. The Labute approximate surface area is 99.0 Å². The third-order valence-electron chi connectivity index (χ3n) is 2.49. The highest BCUT2D eigenvalue weighted by molar-refractivity contribution is 7.98. The van der Waals surface area contributed by atoms with Gasteiger partial charge >= 0.3 is 0 Å². The van der Waals surface area contributed by atoms with Crippen molar-refractivity contribution in [3.8, 4) is 0 Å². The average molecular weight is 262 g/mol. The van der Waals surface area contributed by atoms with Gasteiger partial charge in [-0.05, 0) is 6.26 Å². The molecule has 0 heterocycles. The summed E-state index contributed by atoms with van der Waals surface area (Å²) in [5.74, 6) is -0.397. The van der Waals surface area contributed by atoms with E-state index in [9.17, 15) is 13.2 Å². The molecule has 90 valence electrons. The fourth-order valence-electron chi connectivity index (χ4n) is 1.72. The minimum atomic E-state index is -3.85. The highest BCUT2D eigenvalue weighted by Gasteiger charge is 2.47.